The lowest BCUT2D eigenvalue weighted by molar-refractivity contribution is 0.253. The zero-order chi connectivity index (χ0) is 10.7. The fraction of sp³-hybridized carbons (Fsp3) is 0.750. The van der Waals surface area contributed by atoms with Gasteiger partial charge in [-0.2, -0.15) is 5.10 Å². The van der Waals surface area contributed by atoms with Crippen LogP contribution in [0.1, 0.15) is 18.8 Å². The number of aliphatic hydroxyl groups is 1. The zero-order valence-corrected chi connectivity index (χ0v) is 9.51. The van der Waals surface area contributed by atoms with Crippen molar-refractivity contribution >= 4 is 12.2 Å². The minimum absolute atomic E-state index is 0.0924. The van der Waals surface area contributed by atoms with Crippen LogP contribution >= 0.6 is 12.2 Å². The van der Waals surface area contributed by atoms with Crippen LogP contribution in [0.15, 0.2) is 0 Å². The summed E-state index contributed by atoms with van der Waals surface area (Å²) in [7, 11) is 4.00. The van der Waals surface area contributed by atoms with Gasteiger partial charge in [-0.1, -0.05) is 0 Å². The molecule has 0 radical (unpaired) electrons. The van der Waals surface area contributed by atoms with E-state index in [-0.39, 0.29) is 12.6 Å². The van der Waals surface area contributed by atoms with Crippen LogP contribution in [0.5, 0.6) is 0 Å². The smallest absolute Gasteiger partial charge is 0.195 e. The molecule has 0 aliphatic carbocycles. The standard InChI is InChI=1S/C8H16N4OS/c1-6(4-11(2)3)12-7(5-13)9-10-8(12)14/h6,13H,4-5H2,1-3H3,(H,10,14). The first-order valence-electron chi connectivity index (χ1n) is 4.47. The van der Waals surface area contributed by atoms with E-state index in [0.717, 1.165) is 6.54 Å². The van der Waals surface area contributed by atoms with E-state index in [1.54, 1.807) is 0 Å². The molecular weight excluding hydrogens is 200 g/mol. The van der Waals surface area contributed by atoms with Crippen molar-refractivity contribution in [2.75, 3.05) is 20.6 Å². The average molecular weight is 216 g/mol. The monoisotopic (exact) mass is 216 g/mol. The van der Waals surface area contributed by atoms with Crippen LogP contribution in [0.2, 0.25) is 0 Å². The van der Waals surface area contributed by atoms with Gasteiger partial charge in [-0.15, -0.1) is 0 Å². The van der Waals surface area contributed by atoms with Crippen molar-refractivity contribution in [2.45, 2.75) is 19.6 Å². The predicted molar refractivity (Wildman–Crippen MR) is 56.6 cm³/mol. The fourth-order valence-corrected chi connectivity index (χ4v) is 1.84. The Hall–Kier alpha value is -0.720. The number of aromatic amines is 1. The molecule has 1 rings (SSSR count). The second-order valence-electron chi connectivity index (χ2n) is 3.58. The first kappa shape index (κ1) is 11.4. The number of nitrogens with one attached hydrogen (secondary N) is 1. The van der Waals surface area contributed by atoms with E-state index in [2.05, 4.69) is 15.1 Å². The number of hydrogen-bond donors (Lipinski definition) is 2. The van der Waals surface area contributed by atoms with E-state index in [0.29, 0.717) is 10.6 Å². The second-order valence-corrected chi connectivity index (χ2v) is 3.97. The molecule has 1 aromatic rings. The highest BCUT2D eigenvalue weighted by atomic mass is 32.1. The summed E-state index contributed by atoms with van der Waals surface area (Å²) in [5, 5.41) is 15.7. The predicted octanol–water partition coefficient (Wildman–Crippen LogP) is 0.556. The topological polar surface area (TPSA) is 57.1 Å². The molecule has 1 heterocycles. The number of aromatic nitrogens is 3. The quantitative estimate of drug-likeness (QED) is 0.722. The van der Waals surface area contributed by atoms with Gasteiger partial charge in [0, 0.05) is 12.6 Å². The van der Waals surface area contributed by atoms with Gasteiger partial charge in [0.15, 0.2) is 10.6 Å². The van der Waals surface area contributed by atoms with Crippen LogP contribution in [0.3, 0.4) is 0 Å². The maximum absolute atomic E-state index is 9.05. The van der Waals surface area contributed by atoms with Gasteiger partial charge in [-0.25, -0.2) is 0 Å². The van der Waals surface area contributed by atoms with Crippen molar-refractivity contribution in [3.05, 3.63) is 10.6 Å². The van der Waals surface area contributed by atoms with E-state index in [1.807, 2.05) is 25.6 Å². The van der Waals surface area contributed by atoms with Crippen LogP contribution in [-0.4, -0.2) is 45.4 Å². The normalized spacial score (nSPS) is 13.5. The first-order valence-corrected chi connectivity index (χ1v) is 4.88. The van der Waals surface area contributed by atoms with Gasteiger partial charge in [0.1, 0.15) is 6.61 Å². The molecule has 0 saturated heterocycles. The average Bonchev–Trinajstić information content (AvgIpc) is 2.45. The molecule has 5 nitrogen and oxygen atoms in total. The highest BCUT2D eigenvalue weighted by Crippen LogP contribution is 2.10. The molecular formula is C8H16N4OS. The molecule has 0 fully saturated rings. The number of H-pyrrole nitrogens is 1. The van der Waals surface area contributed by atoms with Crippen LogP contribution in [0.4, 0.5) is 0 Å². The van der Waals surface area contributed by atoms with Crippen molar-refractivity contribution in [3.63, 3.8) is 0 Å². The van der Waals surface area contributed by atoms with Gasteiger partial charge in [0.05, 0.1) is 0 Å². The second kappa shape index (κ2) is 4.68. The van der Waals surface area contributed by atoms with Crippen LogP contribution in [0, 0.1) is 4.77 Å². The molecule has 0 aliphatic heterocycles. The fourth-order valence-electron chi connectivity index (χ4n) is 1.51. The molecule has 6 heteroatoms. The Kier molecular flexibility index (Phi) is 3.79. The van der Waals surface area contributed by atoms with Crippen molar-refractivity contribution in [1.82, 2.24) is 19.7 Å². The summed E-state index contributed by atoms with van der Waals surface area (Å²) in [5.41, 5.74) is 0. The van der Waals surface area contributed by atoms with E-state index in [9.17, 15) is 0 Å². The third-order valence-electron chi connectivity index (χ3n) is 1.99. The highest BCUT2D eigenvalue weighted by Gasteiger charge is 2.12. The van der Waals surface area contributed by atoms with Crippen LogP contribution in [-0.2, 0) is 6.61 Å². The van der Waals surface area contributed by atoms with E-state index >= 15 is 0 Å². The highest BCUT2D eigenvalue weighted by molar-refractivity contribution is 7.71. The Morgan fingerprint density at radius 1 is 1.64 bits per heavy atom. The van der Waals surface area contributed by atoms with Gasteiger partial charge in [-0.05, 0) is 33.2 Å². The SMILES string of the molecule is CC(CN(C)C)n1c(CO)n[nH]c1=S. The molecule has 0 spiro atoms. The number of aliphatic hydroxyl groups excluding tert-OH is 1. The minimum Gasteiger partial charge on any atom is -0.388 e. The summed E-state index contributed by atoms with van der Waals surface area (Å²) in [6.45, 7) is 2.82. The van der Waals surface area contributed by atoms with Crippen molar-refractivity contribution < 1.29 is 5.11 Å². The van der Waals surface area contributed by atoms with E-state index in [1.165, 1.54) is 0 Å². The summed E-state index contributed by atoms with van der Waals surface area (Å²) >= 11 is 5.08. The first-order chi connectivity index (χ1) is 6.56. The molecule has 0 aliphatic rings. The third kappa shape index (κ3) is 2.40. The van der Waals surface area contributed by atoms with E-state index < -0.39 is 0 Å². The number of likely N-dealkylation sites (N-methyl/N-ethyl adjacent to an activating group) is 1. The van der Waals surface area contributed by atoms with Gasteiger partial charge in [0.25, 0.3) is 0 Å². The number of rotatable bonds is 4. The number of hydrogen-bond acceptors (Lipinski definition) is 4. The zero-order valence-electron chi connectivity index (χ0n) is 8.69. The molecule has 1 atom stereocenters. The molecule has 1 aromatic heterocycles. The minimum atomic E-state index is -0.0924. The molecule has 1 unspecified atom stereocenters. The van der Waals surface area contributed by atoms with E-state index in [4.69, 9.17) is 17.3 Å². The van der Waals surface area contributed by atoms with Crippen LogP contribution in [0.25, 0.3) is 0 Å². The Bertz CT molecular complexity index is 343. The lowest BCUT2D eigenvalue weighted by Gasteiger charge is -2.19. The molecule has 80 valence electrons. The Labute approximate surface area is 88.4 Å². The Balaban J connectivity index is 2.92. The van der Waals surface area contributed by atoms with Crippen LogP contribution < -0.4 is 0 Å². The van der Waals surface area contributed by atoms with Gasteiger partial charge in [-0.3, -0.25) is 9.67 Å². The lowest BCUT2D eigenvalue weighted by Crippen LogP contribution is -2.23. The van der Waals surface area contributed by atoms with Gasteiger partial charge < -0.3 is 10.0 Å². The van der Waals surface area contributed by atoms with Gasteiger partial charge >= 0.3 is 0 Å². The van der Waals surface area contributed by atoms with Crippen molar-refractivity contribution in [2.24, 2.45) is 0 Å². The summed E-state index contributed by atoms with van der Waals surface area (Å²) in [4.78, 5) is 2.07. The molecule has 14 heavy (non-hydrogen) atoms. The molecule has 2 N–H and O–H groups in total. The Morgan fingerprint density at radius 3 is 2.79 bits per heavy atom. The molecule has 0 amide bonds. The maximum Gasteiger partial charge on any atom is 0.195 e. The summed E-state index contributed by atoms with van der Waals surface area (Å²) in [6.07, 6.45) is 0. The molecule has 0 aromatic carbocycles. The molecule has 0 saturated carbocycles. The lowest BCUT2D eigenvalue weighted by atomic mass is 10.3. The summed E-state index contributed by atoms with van der Waals surface area (Å²) < 4.78 is 2.40. The number of nitrogens with zero attached hydrogens (tertiary/aromatic N) is 3. The van der Waals surface area contributed by atoms with Crippen molar-refractivity contribution in [3.8, 4) is 0 Å². The van der Waals surface area contributed by atoms with Crippen molar-refractivity contribution in [1.29, 1.82) is 0 Å². The van der Waals surface area contributed by atoms with Gasteiger partial charge in [0.2, 0.25) is 0 Å². The summed E-state index contributed by atoms with van der Waals surface area (Å²) in [5.74, 6) is 0.587. The largest absolute Gasteiger partial charge is 0.388 e. The summed E-state index contributed by atoms with van der Waals surface area (Å²) in [6, 6.07) is 0.207. The molecule has 0 bridgehead atoms. The Morgan fingerprint density at radius 2 is 2.29 bits per heavy atom. The maximum atomic E-state index is 9.05. The third-order valence-corrected chi connectivity index (χ3v) is 2.28.